The van der Waals surface area contributed by atoms with Gasteiger partial charge >= 0.3 is 0 Å². The number of hydrogen-bond donors (Lipinski definition) is 0. The molecule has 0 spiro atoms. The quantitative estimate of drug-likeness (QED) is 0.619. The minimum absolute atomic E-state index is 0.0535. The molecule has 20 heavy (non-hydrogen) atoms. The van der Waals surface area contributed by atoms with Gasteiger partial charge in [0.2, 0.25) is 0 Å². The predicted octanol–water partition coefficient (Wildman–Crippen LogP) is 1.21. The van der Waals surface area contributed by atoms with Crippen LogP contribution >= 0.6 is 0 Å². The third kappa shape index (κ3) is 5.21. The fourth-order valence-corrected chi connectivity index (χ4v) is 2.82. The van der Waals surface area contributed by atoms with Crippen LogP contribution in [0.15, 0.2) is 29.3 Å². The lowest BCUT2D eigenvalue weighted by molar-refractivity contribution is 0.479. The molecule has 0 aliphatic carbocycles. The third-order valence-electron chi connectivity index (χ3n) is 2.73. The molecule has 1 aromatic carbocycles. The van der Waals surface area contributed by atoms with Crippen LogP contribution in [0.4, 0.5) is 0 Å². The molecule has 5 nitrogen and oxygen atoms in total. The van der Waals surface area contributed by atoms with Crippen molar-refractivity contribution in [2.45, 2.75) is 12.3 Å². The molecule has 0 aliphatic heterocycles. The van der Waals surface area contributed by atoms with Gasteiger partial charge < -0.3 is 9.80 Å². The third-order valence-corrected chi connectivity index (χ3v) is 3.56. The summed E-state index contributed by atoms with van der Waals surface area (Å²) >= 11 is 0. The van der Waals surface area contributed by atoms with E-state index in [1.807, 2.05) is 62.3 Å². The van der Waals surface area contributed by atoms with Gasteiger partial charge in [-0.2, -0.15) is 0 Å². The highest BCUT2D eigenvalue weighted by atomic mass is 32.2. The molecule has 0 unspecified atom stereocenters. The summed E-state index contributed by atoms with van der Waals surface area (Å²) in [6.07, 6.45) is 1.25. The maximum absolute atomic E-state index is 11.5. The van der Waals surface area contributed by atoms with Crippen LogP contribution in [0.5, 0.6) is 0 Å². The molecule has 0 aromatic heterocycles. The van der Waals surface area contributed by atoms with E-state index < -0.39 is 9.84 Å². The van der Waals surface area contributed by atoms with Crippen LogP contribution in [-0.2, 0) is 22.1 Å². The highest BCUT2D eigenvalue weighted by molar-refractivity contribution is 7.89. The molecular formula is C14H23N3O2S. The van der Waals surface area contributed by atoms with Gasteiger partial charge in [-0.25, -0.2) is 13.4 Å². The number of rotatable bonds is 4. The average Bonchev–Trinajstić information content (AvgIpc) is 2.28. The zero-order chi connectivity index (χ0) is 15.3. The number of benzene rings is 1. The first-order valence-electron chi connectivity index (χ1n) is 6.34. The van der Waals surface area contributed by atoms with Crippen molar-refractivity contribution < 1.29 is 8.42 Å². The smallest absolute Gasteiger partial charge is 0.195 e. The van der Waals surface area contributed by atoms with Crippen molar-refractivity contribution in [3.05, 3.63) is 35.4 Å². The van der Waals surface area contributed by atoms with Gasteiger partial charge in [-0.15, -0.1) is 0 Å². The normalized spacial score (nSPS) is 11.1. The van der Waals surface area contributed by atoms with Crippen LogP contribution in [0.1, 0.15) is 11.1 Å². The van der Waals surface area contributed by atoms with Crippen LogP contribution in [0.2, 0.25) is 0 Å². The molecule has 1 aromatic rings. The Bertz CT molecular complexity index is 568. The van der Waals surface area contributed by atoms with Gasteiger partial charge in [-0.05, 0) is 11.1 Å². The molecular weight excluding hydrogens is 274 g/mol. The predicted molar refractivity (Wildman–Crippen MR) is 83.5 cm³/mol. The largest absolute Gasteiger partial charge is 0.349 e. The second kappa shape index (κ2) is 6.74. The Morgan fingerprint density at radius 1 is 1.05 bits per heavy atom. The first-order chi connectivity index (χ1) is 9.20. The second-order valence-electron chi connectivity index (χ2n) is 5.24. The first-order valence-corrected chi connectivity index (χ1v) is 8.40. The lowest BCUT2D eigenvalue weighted by atomic mass is 10.1. The van der Waals surface area contributed by atoms with Gasteiger partial charge in [0.05, 0.1) is 12.3 Å². The van der Waals surface area contributed by atoms with Gasteiger partial charge in [0.15, 0.2) is 15.8 Å². The van der Waals surface area contributed by atoms with Crippen molar-refractivity contribution in [1.82, 2.24) is 9.80 Å². The Morgan fingerprint density at radius 3 is 2.00 bits per heavy atom. The zero-order valence-corrected chi connectivity index (χ0v) is 13.6. The summed E-state index contributed by atoms with van der Waals surface area (Å²) in [5, 5.41) is 0. The van der Waals surface area contributed by atoms with Crippen LogP contribution in [0.3, 0.4) is 0 Å². The SMILES string of the molecule is CN(C)C(=NCc1ccccc1CS(C)(=O)=O)N(C)C. The van der Waals surface area contributed by atoms with E-state index in [1.54, 1.807) is 0 Å². The first kappa shape index (κ1) is 16.5. The van der Waals surface area contributed by atoms with Crippen LogP contribution in [-0.4, -0.2) is 58.6 Å². The van der Waals surface area contributed by atoms with Crippen molar-refractivity contribution in [3.8, 4) is 0 Å². The Morgan fingerprint density at radius 2 is 1.55 bits per heavy atom. The van der Waals surface area contributed by atoms with E-state index in [1.165, 1.54) is 6.26 Å². The Balaban J connectivity index is 3.01. The molecule has 0 saturated heterocycles. The van der Waals surface area contributed by atoms with E-state index in [0.29, 0.717) is 6.54 Å². The van der Waals surface area contributed by atoms with Crippen molar-refractivity contribution in [2.75, 3.05) is 34.4 Å². The van der Waals surface area contributed by atoms with Gasteiger partial charge in [0.1, 0.15) is 0 Å². The van der Waals surface area contributed by atoms with Crippen LogP contribution in [0.25, 0.3) is 0 Å². The van der Waals surface area contributed by atoms with E-state index in [-0.39, 0.29) is 5.75 Å². The Kier molecular flexibility index (Phi) is 5.56. The van der Waals surface area contributed by atoms with Crippen molar-refractivity contribution in [2.24, 2.45) is 4.99 Å². The van der Waals surface area contributed by atoms with E-state index in [4.69, 9.17) is 0 Å². The number of sulfone groups is 1. The molecule has 0 radical (unpaired) electrons. The summed E-state index contributed by atoms with van der Waals surface area (Å²) < 4.78 is 22.9. The van der Waals surface area contributed by atoms with Crippen LogP contribution in [0, 0.1) is 0 Å². The summed E-state index contributed by atoms with van der Waals surface area (Å²) in [6, 6.07) is 7.53. The van der Waals surface area contributed by atoms with Gasteiger partial charge in [-0.3, -0.25) is 0 Å². The van der Waals surface area contributed by atoms with Gasteiger partial charge in [0, 0.05) is 34.4 Å². The fourth-order valence-electron chi connectivity index (χ4n) is 1.97. The molecule has 112 valence electrons. The molecule has 0 atom stereocenters. The molecule has 1 rings (SSSR count). The summed E-state index contributed by atoms with van der Waals surface area (Å²) in [6.45, 7) is 0.470. The lowest BCUT2D eigenvalue weighted by Gasteiger charge is -2.22. The topological polar surface area (TPSA) is 53.0 Å². The standard InChI is InChI=1S/C14H23N3O2S/c1-16(2)14(17(3)4)15-10-12-8-6-7-9-13(12)11-20(5,18)19/h6-9H,10-11H2,1-5H3. The molecule has 0 aliphatic rings. The fraction of sp³-hybridized carbons (Fsp3) is 0.500. The van der Waals surface area contributed by atoms with E-state index in [9.17, 15) is 8.42 Å². The number of hydrogen-bond acceptors (Lipinski definition) is 3. The van der Waals surface area contributed by atoms with Gasteiger partial charge in [0.25, 0.3) is 0 Å². The molecule has 0 heterocycles. The molecule has 0 N–H and O–H groups in total. The summed E-state index contributed by atoms with van der Waals surface area (Å²) in [7, 11) is 4.69. The highest BCUT2D eigenvalue weighted by Gasteiger charge is 2.10. The molecule has 0 saturated carbocycles. The second-order valence-corrected chi connectivity index (χ2v) is 7.38. The Labute approximate surface area is 121 Å². The summed E-state index contributed by atoms with van der Waals surface area (Å²) in [5.41, 5.74) is 1.76. The van der Waals surface area contributed by atoms with Crippen molar-refractivity contribution >= 4 is 15.8 Å². The van der Waals surface area contributed by atoms with Crippen LogP contribution < -0.4 is 0 Å². The maximum Gasteiger partial charge on any atom is 0.195 e. The van der Waals surface area contributed by atoms with Crippen molar-refractivity contribution in [3.63, 3.8) is 0 Å². The molecule has 6 heteroatoms. The van der Waals surface area contributed by atoms with Gasteiger partial charge in [-0.1, -0.05) is 24.3 Å². The number of aliphatic imine (C=N–C) groups is 1. The number of nitrogens with zero attached hydrogens (tertiary/aromatic N) is 3. The molecule has 0 fully saturated rings. The maximum atomic E-state index is 11.5. The summed E-state index contributed by atoms with van der Waals surface area (Å²) in [4.78, 5) is 8.42. The highest BCUT2D eigenvalue weighted by Crippen LogP contribution is 2.13. The summed E-state index contributed by atoms with van der Waals surface area (Å²) in [5.74, 6) is 0.900. The average molecular weight is 297 g/mol. The molecule has 0 amide bonds. The van der Waals surface area contributed by atoms with E-state index >= 15 is 0 Å². The number of guanidine groups is 1. The van der Waals surface area contributed by atoms with E-state index in [2.05, 4.69) is 4.99 Å². The minimum atomic E-state index is -3.04. The Hall–Kier alpha value is -1.56. The monoisotopic (exact) mass is 297 g/mol. The minimum Gasteiger partial charge on any atom is -0.349 e. The molecule has 0 bridgehead atoms. The zero-order valence-electron chi connectivity index (χ0n) is 12.8. The van der Waals surface area contributed by atoms with E-state index in [0.717, 1.165) is 17.1 Å². The van der Waals surface area contributed by atoms with Crippen molar-refractivity contribution in [1.29, 1.82) is 0 Å². The lowest BCUT2D eigenvalue weighted by Crippen LogP contribution is -2.35.